The number of carbonyl (C=O) groups excluding carboxylic acids is 2. The molecule has 5 nitrogen and oxygen atoms in total. The van der Waals surface area contributed by atoms with Crippen molar-refractivity contribution in [2.24, 2.45) is 0 Å². The smallest absolute Gasteiger partial charge is 0.254 e. The first-order valence-electron chi connectivity index (χ1n) is 10.8. The van der Waals surface area contributed by atoms with Crippen molar-refractivity contribution in [3.8, 4) is 11.1 Å². The summed E-state index contributed by atoms with van der Waals surface area (Å²) in [5.74, 6) is -1.63. The van der Waals surface area contributed by atoms with E-state index in [1.165, 1.54) is 29.2 Å². The Balaban J connectivity index is 1.40. The van der Waals surface area contributed by atoms with E-state index in [1.54, 1.807) is 23.1 Å². The van der Waals surface area contributed by atoms with E-state index in [2.05, 4.69) is 0 Å². The lowest BCUT2D eigenvalue weighted by Crippen LogP contribution is -2.73. The monoisotopic (exact) mass is 448 g/mol. The minimum atomic E-state index is -0.511. The van der Waals surface area contributed by atoms with Crippen LogP contribution in [0.3, 0.4) is 0 Å². The van der Waals surface area contributed by atoms with Crippen LogP contribution in [-0.2, 0) is 4.79 Å². The molecule has 5 rings (SSSR count). The van der Waals surface area contributed by atoms with Crippen LogP contribution in [0.1, 0.15) is 21.8 Å². The largest absolute Gasteiger partial charge is 0.394 e. The van der Waals surface area contributed by atoms with Crippen molar-refractivity contribution in [3.63, 3.8) is 0 Å². The normalized spacial score (nSPS) is 22.0. The molecule has 1 N–H and O–H groups in total. The highest BCUT2D eigenvalue weighted by Crippen LogP contribution is 2.43. The molecule has 2 aliphatic rings. The molecule has 2 fully saturated rings. The van der Waals surface area contributed by atoms with E-state index in [0.29, 0.717) is 5.56 Å². The van der Waals surface area contributed by atoms with Crippen molar-refractivity contribution in [2.45, 2.75) is 18.0 Å². The Bertz CT molecular complexity index is 1210. The van der Waals surface area contributed by atoms with Crippen LogP contribution >= 0.6 is 0 Å². The number of rotatable bonds is 4. The summed E-state index contributed by atoms with van der Waals surface area (Å²) < 4.78 is 27.7. The number of halogens is 2. The second kappa shape index (κ2) is 8.41. The second-order valence-corrected chi connectivity index (χ2v) is 8.44. The summed E-state index contributed by atoms with van der Waals surface area (Å²) in [5, 5.41) is 9.96. The lowest BCUT2D eigenvalue weighted by molar-refractivity contribution is -0.159. The van der Waals surface area contributed by atoms with Crippen LogP contribution in [0.2, 0.25) is 0 Å². The zero-order valence-corrected chi connectivity index (χ0v) is 17.7. The predicted molar refractivity (Wildman–Crippen MR) is 118 cm³/mol. The van der Waals surface area contributed by atoms with Gasteiger partial charge in [-0.1, -0.05) is 48.5 Å². The third kappa shape index (κ3) is 3.68. The summed E-state index contributed by atoms with van der Waals surface area (Å²) in [7, 11) is 0. The molecule has 3 aromatic rings. The summed E-state index contributed by atoms with van der Waals surface area (Å²) >= 11 is 0. The molecule has 0 aliphatic carbocycles. The third-order valence-electron chi connectivity index (χ3n) is 6.59. The summed E-state index contributed by atoms with van der Waals surface area (Å²) in [6.07, 6.45) is 0. The third-order valence-corrected chi connectivity index (χ3v) is 6.59. The molecule has 168 valence electrons. The van der Waals surface area contributed by atoms with E-state index < -0.39 is 11.7 Å². The number of hydrogen-bond donors (Lipinski definition) is 1. The van der Waals surface area contributed by atoms with E-state index in [9.17, 15) is 23.5 Å². The Morgan fingerprint density at radius 2 is 1.76 bits per heavy atom. The van der Waals surface area contributed by atoms with Crippen LogP contribution in [-0.4, -0.2) is 58.5 Å². The van der Waals surface area contributed by atoms with Crippen molar-refractivity contribution < 1.29 is 23.5 Å². The van der Waals surface area contributed by atoms with Gasteiger partial charge < -0.3 is 14.9 Å². The lowest BCUT2D eigenvalue weighted by Gasteiger charge is -2.58. The van der Waals surface area contributed by atoms with Gasteiger partial charge in [0.25, 0.3) is 5.91 Å². The minimum Gasteiger partial charge on any atom is -0.394 e. The maximum absolute atomic E-state index is 14.1. The maximum atomic E-state index is 14.1. The Morgan fingerprint density at radius 1 is 1.00 bits per heavy atom. The van der Waals surface area contributed by atoms with Crippen LogP contribution in [0.15, 0.2) is 72.8 Å². The highest BCUT2D eigenvalue weighted by molar-refractivity contribution is 5.97. The molecule has 2 heterocycles. The number of aliphatic hydroxyl groups excluding tert-OH is 1. The molecular formula is C26H22F2N2O3. The minimum absolute atomic E-state index is 0.110. The average molecular weight is 448 g/mol. The SMILES string of the molecule is O=C(c1cccc(F)c1)N1CC(=O)N2[C@@H](CO)[C@H](c3ccc(-c4ccccc4F)cc3)[C@@H]2C1. The van der Waals surface area contributed by atoms with Crippen molar-refractivity contribution in [1.82, 2.24) is 9.80 Å². The van der Waals surface area contributed by atoms with Gasteiger partial charge in [0.15, 0.2) is 0 Å². The van der Waals surface area contributed by atoms with E-state index in [0.717, 1.165) is 17.2 Å². The number of benzene rings is 3. The Morgan fingerprint density at radius 3 is 2.45 bits per heavy atom. The van der Waals surface area contributed by atoms with Gasteiger partial charge >= 0.3 is 0 Å². The van der Waals surface area contributed by atoms with E-state index >= 15 is 0 Å². The average Bonchev–Trinajstić information content (AvgIpc) is 2.81. The van der Waals surface area contributed by atoms with Gasteiger partial charge in [-0.3, -0.25) is 9.59 Å². The molecule has 0 radical (unpaired) electrons. The fraction of sp³-hybridized carbons (Fsp3) is 0.231. The molecule has 3 aromatic carbocycles. The molecule has 0 bridgehead atoms. The second-order valence-electron chi connectivity index (χ2n) is 8.44. The van der Waals surface area contributed by atoms with Crippen LogP contribution < -0.4 is 0 Å². The molecule has 3 atom stereocenters. The number of nitrogens with zero attached hydrogens (tertiary/aromatic N) is 2. The fourth-order valence-electron chi connectivity index (χ4n) is 5.04. The summed E-state index contributed by atoms with van der Waals surface area (Å²) in [6, 6.07) is 18.7. The first-order chi connectivity index (χ1) is 16.0. The van der Waals surface area contributed by atoms with E-state index in [1.807, 2.05) is 24.3 Å². The van der Waals surface area contributed by atoms with Gasteiger partial charge in [-0.2, -0.15) is 0 Å². The number of aliphatic hydroxyl groups is 1. The zero-order chi connectivity index (χ0) is 23.1. The number of fused-ring (bicyclic) bond motifs is 1. The standard InChI is InChI=1S/C26H22F2N2O3/c27-19-5-3-4-18(12-19)26(33)29-13-22-25(23(15-31)30(22)24(32)14-29)17-10-8-16(9-11-17)20-6-1-2-7-21(20)28/h1-12,22-23,25,31H,13-15H2/t22-,23-,25+/m0/s1. The van der Waals surface area contributed by atoms with Gasteiger partial charge in [0.05, 0.1) is 18.7 Å². The van der Waals surface area contributed by atoms with Gasteiger partial charge in [-0.15, -0.1) is 0 Å². The van der Waals surface area contributed by atoms with Gasteiger partial charge in [0.1, 0.15) is 18.2 Å². The van der Waals surface area contributed by atoms with E-state index in [-0.39, 0.29) is 55.0 Å². The number of carbonyl (C=O) groups is 2. The van der Waals surface area contributed by atoms with E-state index in [4.69, 9.17) is 0 Å². The van der Waals surface area contributed by atoms with Crippen molar-refractivity contribution >= 4 is 11.8 Å². The fourth-order valence-corrected chi connectivity index (χ4v) is 5.04. The highest BCUT2D eigenvalue weighted by atomic mass is 19.1. The van der Waals surface area contributed by atoms with Crippen LogP contribution in [0.4, 0.5) is 8.78 Å². The molecule has 7 heteroatoms. The number of amides is 2. The molecule has 2 amide bonds. The lowest BCUT2D eigenvalue weighted by atomic mass is 9.73. The zero-order valence-electron chi connectivity index (χ0n) is 17.7. The van der Waals surface area contributed by atoms with Crippen molar-refractivity contribution in [1.29, 1.82) is 0 Å². The quantitative estimate of drug-likeness (QED) is 0.665. The first kappa shape index (κ1) is 21.3. The molecule has 0 unspecified atom stereocenters. The van der Waals surface area contributed by atoms with Crippen LogP contribution in [0, 0.1) is 11.6 Å². The molecular weight excluding hydrogens is 426 g/mol. The van der Waals surface area contributed by atoms with Gasteiger partial charge in [-0.05, 0) is 35.4 Å². The Hall–Kier alpha value is -3.58. The molecule has 0 spiro atoms. The highest BCUT2D eigenvalue weighted by Gasteiger charge is 2.54. The molecule has 2 aliphatic heterocycles. The topological polar surface area (TPSA) is 60.9 Å². The van der Waals surface area contributed by atoms with Gasteiger partial charge in [0, 0.05) is 23.6 Å². The number of piperazine rings is 1. The molecule has 0 saturated carbocycles. The van der Waals surface area contributed by atoms with Crippen molar-refractivity contribution in [2.75, 3.05) is 19.7 Å². The number of hydrogen-bond acceptors (Lipinski definition) is 3. The van der Waals surface area contributed by atoms with Gasteiger partial charge in [0.2, 0.25) is 5.91 Å². The molecule has 2 saturated heterocycles. The molecule has 33 heavy (non-hydrogen) atoms. The Labute approximate surface area is 189 Å². The summed E-state index contributed by atoms with van der Waals surface area (Å²) in [5.41, 5.74) is 2.33. The maximum Gasteiger partial charge on any atom is 0.254 e. The first-order valence-corrected chi connectivity index (χ1v) is 10.8. The van der Waals surface area contributed by atoms with Crippen molar-refractivity contribution in [3.05, 3.63) is 95.6 Å². The predicted octanol–water partition coefficient (Wildman–Crippen LogP) is 3.44. The summed E-state index contributed by atoms with van der Waals surface area (Å²) in [6.45, 7) is -0.0155. The summed E-state index contributed by atoms with van der Waals surface area (Å²) in [4.78, 5) is 28.8. The Kier molecular flexibility index (Phi) is 5.42. The van der Waals surface area contributed by atoms with Crippen LogP contribution in [0.25, 0.3) is 11.1 Å². The van der Waals surface area contributed by atoms with Gasteiger partial charge in [-0.25, -0.2) is 8.78 Å². The van der Waals surface area contributed by atoms with Crippen LogP contribution in [0.5, 0.6) is 0 Å². The molecule has 0 aromatic heterocycles.